The maximum atomic E-state index is 13.6. The van der Waals surface area contributed by atoms with Gasteiger partial charge < -0.3 is 14.6 Å². The molecule has 1 saturated carbocycles. The van der Waals surface area contributed by atoms with Crippen molar-refractivity contribution in [3.8, 4) is 11.1 Å². The molecule has 2 aliphatic carbocycles. The molecule has 1 spiro atoms. The summed E-state index contributed by atoms with van der Waals surface area (Å²) in [6.45, 7) is 0. The van der Waals surface area contributed by atoms with Crippen LogP contribution in [-0.2, 0) is 28.5 Å². The average molecular weight is 436 g/mol. The second-order valence-electron chi connectivity index (χ2n) is 9.43. The predicted octanol–water partition coefficient (Wildman–Crippen LogP) is 2.81. The quantitative estimate of drug-likeness (QED) is 0.752. The first-order valence-electron chi connectivity index (χ1n) is 11.3. The Morgan fingerprint density at radius 3 is 2.53 bits per heavy atom. The molecule has 4 unspecified atom stereocenters. The molecule has 1 aliphatic heterocycles. The number of nitrogens with one attached hydrogen (secondary N) is 1. The fourth-order valence-corrected chi connectivity index (χ4v) is 6.00. The third-order valence-electron chi connectivity index (χ3n) is 7.79. The molecule has 168 valence electrons. The van der Waals surface area contributed by atoms with Crippen molar-refractivity contribution in [1.29, 1.82) is 0 Å². The Bertz CT molecular complexity index is 1160. The van der Waals surface area contributed by atoms with Crippen molar-refractivity contribution in [2.24, 2.45) is 18.9 Å². The molecule has 2 heterocycles. The maximum Gasteiger partial charge on any atom is 0.325 e. The van der Waals surface area contributed by atoms with Gasteiger partial charge in [0, 0.05) is 39.4 Å². The molecular formula is C25H29N3O4. The number of hydrogen-bond acceptors (Lipinski definition) is 4. The van der Waals surface area contributed by atoms with Crippen LogP contribution in [0.4, 0.5) is 4.79 Å². The summed E-state index contributed by atoms with van der Waals surface area (Å²) in [6, 6.07) is 9.20. The van der Waals surface area contributed by atoms with E-state index in [1.807, 2.05) is 18.2 Å². The molecule has 1 aromatic carbocycles. The SMILES string of the molecule is COC1CCCC(C2Cc3ccc(-c4ccn(C)c(=O)c4)cc3C23NC(=O)N(C)C3=O)C1. The van der Waals surface area contributed by atoms with Crippen LogP contribution in [0.1, 0.15) is 36.8 Å². The molecular weight excluding hydrogens is 406 g/mol. The van der Waals surface area contributed by atoms with E-state index >= 15 is 0 Å². The third kappa shape index (κ3) is 3.02. The van der Waals surface area contributed by atoms with Gasteiger partial charge in [0.05, 0.1) is 6.10 Å². The number of nitrogens with zero attached hydrogens (tertiary/aromatic N) is 2. The van der Waals surface area contributed by atoms with Gasteiger partial charge in [0.15, 0.2) is 5.54 Å². The number of carbonyl (C=O) groups is 2. The zero-order valence-corrected chi connectivity index (χ0v) is 18.8. The minimum absolute atomic E-state index is 0.0178. The molecule has 1 N–H and O–H groups in total. The Balaban J connectivity index is 1.62. The van der Waals surface area contributed by atoms with E-state index in [-0.39, 0.29) is 35.4 Å². The minimum Gasteiger partial charge on any atom is -0.381 e. The number of likely N-dealkylation sites (N-methyl/N-ethyl adjacent to an activating group) is 1. The number of benzene rings is 1. The highest BCUT2D eigenvalue weighted by Gasteiger charge is 2.61. The number of hydrogen-bond donors (Lipinski definition) is 1. The van der Waals surface area contributed by atoms with Crippen LogP contribution >= 0.6 is 0 Å². The van der Waals surface area contributed by atoms with Crippen molar-refractivity contribution in [3.63, 3.8) is 0 Å². The molecule has 32 heavy (non-hydrogen) atoms. The van der Waals surface area contributed by atoms with Crippen molar-refractivity contribution >= 4 is 11.9 Å². The normalized spacial score (nSPS) is 29.5. The average Bonchev–Trinajstić information content (AvgIpc) is 3.25. The minimum atomic E-state index is -1.06. The Morgan fingerprint density at radius 1 is 1.06 bits per heavy atom. The summed E-state index contributed by atoms with van der Waals surface area (Å²) in [5.74, 6) is 0.0759. The zero-order chi connectivity index (χ0) is 22.6. The molecule has 3 aliphatic rings. The predicted molar refractivity (Wildman–Crippen MR) is 120 cm³/mol. The number of methoxy groups -OCH3 is 1. The first-order chi connectivity index (χ1) is 15.3. The number of imide groups is 1. The van der Waals surface area contributed by atoms with Gasteiger partial charge in [-0.2, -0.15) is 0 Å². The smallest absolute Gasteiger partial charge is 0.325 e. The summed E-state index contributed by atoms with van der Waals surface area (Å²) in [4.78, 5) is 39.7. The Labute approximate surface area is 187 Å². The van der Waals surface area contributed by atoms with Crippen molar-refractivity contribution in [1.82, 2.24) is 14.8 Å². The van der Waals surface area contributed by atoms with Gasteiger partial charge in [-0.25, -0.2) is 4.79 Å². The first kappa shape index (κ1) is 20.9. The second kappa shape index (κ2) is 7.59. The highest BCUT2D eigenvalue weighted by atomic mass is 16.5. The van der Waals surface area contributed by atoms with E-state index < -0.39 is 5.54 Å². The number of carbonyl (C=O) groups excluding carboxylic acids is 2. The Kier molecular flexibility index (Phi) is 4.97. The van der Waals surface area contributed by atoms with Crippen LogP contribution in [0.25, 0.3) is 11.1 Å². The van der Waals surface area contributed by atoms with Crippen LogP contribution in [0.3, 0.4) is 0 Å². The number of pyridine rings is 1. The van der Waals surface area contributed by atoms with E-state index in [0.29, 0.717) is 0 Å². The molecule has 7 heteroatoms. The highest BCUT2D eigenvalue weighted by Crippen LogP contribution is 2.52. The molecule has 1 aromatic heterocycles. The van der Waals surface area contributed by atoms with Gasteiger partial charge >= 0.3 is 6.03 Å². The standard InChI is InChI=1S/C25H29N3O4/c1-27-10-9-16(14-22(27)29)15-7-8-18-13-21(17-5-4-6-19(11-17)32-3)25(20(18)12-15)23(30)28(2)24(31)26-25/h7-10,12,14,17,19,21H,4-6,11,13H2,1-3H3,(H,26,31). The number of rotatable bonds is 3. The van der Waals surface area contributed by atoms with Gasteiger partial charge in [-0.15, -0.1) is 0 Å². The third-order valence-corrected chi connectivity index (χ3v) is 7.79. The van der Waals surface area contributed by atoms with Crippen molar-refractivity contribution < 1.29 is 14.3 Å². The van der Waals surface area contributed by atoms with Gasteiger partial charge in [0.1, 0.15) is 0 Å². The summed E-state index contributed by atoms with van der Waals surface area (Å²) < 4.78 is 7.19. The summed E-state index contributed by atoms with van der Waals surface area (Å²) in [5.41, 5.74) is 2.48. The lowest BCUT2D eigenvalue weighted by molar-refractivity contribution is -0.133. The molecule has 3 amide bonds. The van der Waals surface area contributed by atoms with Crippen LogP contribution in [-0.4, -0.2) is 41.7 Å². The van der Waals surface area contributed by atoms with Gasteiger partial charge in [-0.3, -0.25) is 14.5 Å². The Morgan fingerprint density at radius 2 is 1.84 bits per heavy atom. The van der Waals surface area contributed by atoms with E-state index in [9.17, 15) is 14.4 Å². The van der Waals surface area contributed by atoms with Crippen LogP contribution in [0, 0.1) is 11.8 Å². The summed E-state index contributed by atoms with van der Waals surface area (Å²) in [7, 11) is 5.01. The van der Waals surface area contributed by atoms with Crippen LogP contribution in [0.15, 0.2) is 41.3 Å². The summed E-state index contributed by atoms with van der Waals surface area (Å²) in [5, 5.41) is 3.10. The lowest BCUT2D eigenvalue weighted by Gasteiger charge is -2.39. The second-order valence-corrected chi connectivity index (χ2v) is 9.43. The van der Waals surface area contributed by atoms with E-state index in [1.54, 1.807) is 33.5 Å². The molecule has 5 rings (SSSR count). The monoisotopic (exact) mass is 435 g/mol. The fraction of sp³-hybridized carbons (Fsp3) is 0.480. The Hall–Kier alpha value is -2.93. The van der Waals surface area contributed by atoms with Crippen molar-refractivity contribution in [3.05, 3.63) is 58.0 Å². The largest absolute Gasteiger partial charge is 0.381 e. The maximum absolute atomic E-state index is 13.6. The number of urea groups is 1. The molecule has 0 radical (unpaired) electrons. The molecule has 1 saturated heterocycles. The van der Waals surface area contributed by atoms with Gasteiger partial charge in [0.2, 0.25) is 0 Å². The molecule has 7 nitrogen and oxygen atoms in total. The van der Waals surface area contributed by atoms with E-state index in [1.165, 1.54) is 9.47 Å². The topological polar surface area (TPSA) is 80.6 Å². The number of aryl methyl sites for hydroxylation is 1. The number of amides is 3. The highest BCUT2D eigenvalue weighted by molar-refractivity contribution is 6.08. The van der Waals surface area contributed by atoms with Gasteiger partial charge in [-0.05, 0) is 66.0 Å². The molecule has 2 aromatic rings. The van der Waals surface area contributed by atoms with Crippen molar-refractivity contribution in [2.75, 3.05) is 14.2 Å². The lowest BCUT2D eigenvalue weighted by Crippen LogP contribution is -2.51. The van der Waals surface area contributed by atoms with E-state index in [4.69, 9.17) is 4.74 Å². The molecule has 0 bridgehead atoms. The van der Waals surface area contributed by atoms with Crippen LogP contribution in [0.5, 0.6) is 0 Å². The van der Waals surface area contributed by atoms with Gasteiger partial charge in [0.25, 0.3) is 11.5 Å². The van der Waals surface area contributed by atoms with Crippen molar-refractivity contribution in [2.45, 2.75) is 43.7 Å². The van der Waals surface area contributed by atoms with E-state index in [0.717, 1.165) is 54.4 Å². The zero-order valence-electron chi connectivity index (χ0n) is 18.8. The van der Waals surface area contributed by atoms with Gasteiger partial charge in [-0.1, -0.05) is 18.6 Å². The summed E-state index contributed by atoms with van der Waals surface area (Å²) >= 11 is 0. The first-order valence-corrected chi connectivity index (χ1v) is 11.3. The number of aromatic nitrogens is 1. The summed E-state index contributed by atoms with van der Waals surface area (Å²) in [6.07, 6.45) is 6.69. The van der Waals surface area contributed by atoms with Crippen LogP contribution < -0.4 is 10.9 Å². The van der Waals surface area contributed by atoms with E-state index in [2.05, 4.69) is 11.4 Å². The molecule has 4 atom stereocenters. The van der Waals surface area contributed by atoms with Crippen LogP contribution in [0.2, 0.25) is 0 Å². The molecule has 2 fully saturated rings. The number of fused-ring (bicyclic) bond motifs is 2. The lowest BCUT2D eigenvalue weighted by atomic mass is 9.69. The fourth-order valence-electron chi connectivity index (χ4n) is 6.00. The number of ether oxygens (including phenoxy) is 1.